The van der Waals surface area contributed by atoms with Gasteiger partial charge in [-0.25, -0.2) is 4.98 Å². The Morgan fingerprint density at radius 1 is 1.38 bits per heavy atom. The van der Waals surface area contributed by atoms with E-state index >= 15 is 0 Å². The van der Waals surface area contributed by atoms with Gasteiger partial charge in [0.1, 0.15) is 5.82 Å². The van der Waals surface area contributed by atoms with Gasteiger partial charge in [0.25, 0.3) is 5.56 Å². The Hall–Kier alpha value is -2.03. The summed E-state index contributed by atoms with van der Waals surface area (Å²) in [5, 5.41) is 4.25. The number of amides is 1. The van der Waals surface area contributed by atoms with Crippen LogP contribution in [0.5, 0.6) is 0 Å². The molecule has 4 heterocycles. The highest BCUT2D eigenvalue weighted by atomic mass is 32.1. The number of nitrogens with one attached hydrogen (secondary N) is 1. The van der Waals surface area contributed by atoms with Crippen molar-refractivity contribution in [3.63, 3.8) is 0 Å². The quantitative estimate of drug-likeness (QED) is 0.783. The molecule has 1 saturated heterocycles. The lowest BCUT2D eigenvalue weighted by Crippen LogP contribution is -2.41. The number of aromatic nitrogens is 2. The predicted molar refractivity (Wildman–Crippen MR) is 112 cm³/mol. The molecule has 0 spiro atoms. The fourth-order valence-corrected chi connectivity index (χ4v) is 4.95. The zero-order valence-electron chi connectivity index (χ0n) is 16.9. The fourth-order valence-electron chi connectivity index (χ4n) is 4.29. The van der Waals surface area contributed by atoms with Crippen LogP contribution >= 0.6 is 11.3 Å². The number of methoxy groups -OCH3 is 1. The molecule has 0 saturated carbocycles. The van der Waals surface area contributed by atoms with Crippen molar-refractivity contribution >= 4 is 17.2 Å². The maximum absolute atomic E-state index is 12.8. The summed E-state index contributed by atoms with van der Waals surface area (Å²) in [4.78, 5) is 37.5. The van der Waals surface area contributed by atoms with Crippen LogP contribution in [0.1, 0.15) is 54.4 Å². The van der Waals surface area contributed by atoms with Crippen molar-refractivity contribution in [2.75, 3.05) is 26.8 Å². The van der Waals surface area contributed by atoms with Crippen molar-refractivity contribution < 1.29 is 9.53 Å². The molecular formula is C21H28N4O3S. The van der Waals surface area contributed by atoms with E-state index < -0.39 is 0 Å². The molecule has 1 amide bonds. The molecule has 29 heavy (non-hydrogen) atoms. The lowest BCUT2D eigenvalue weighted by Gasteiger charge is -2.36. The van der Waals surface area contributed by atoms with Gasteiger partial charge < -0.3 is 14.6 Å². The molecule has 2 aromatic rings. The molecule has 0 radical (unpaired) electrons. The summed E-state index contributed by atoms with van der Waals surface area (Å²) >= 11 is 1.70. The topological polar surface area (TPSA) is 78.5 Å². The molecule has 4 rings (SSSR count). The van der Waals surface area contributed by atoms with Crippen LogP contribution in [0.2, 0.25) is 0 Å². The number of carbonyl (C=O) groups excluding carboxylic acids is 1. The Balaban J connectivity index is 1.56. The third kappa shape index (κ3) is 4.60. The van der Waals surface area contributed by atoms with Gasteiger partial charge in [-0.1, -0.05) is 0 Å². The van der Waals surface area contributed by atoms with E-state index in [0.717, 1.165) is 43.6 Å². The number of hydrogen-bond acceptors (Lipinski definition) is 6. The second kappa shape index (κ2) is 9.19. The summed E-state index contributed by atoms with van der Waals surface area (Å²) < 4.78 is 5.07. The molecule has 1 N–H and O–H groups in total. The Bertz CT molecular complexity index is 896. The number of aromatic amines is 1. The number of carbonyl (C=O) groups is 1. The number of nitrogens with zero attached hydrogens (tertiary/aromatic N) is 3. The van der Waals surface area contributed by atoms with E-state index in [1.54, 1.807) is 18.4 Å². The minimum absolute atomic E-state index is 0.0463. The number of piperidine rings is 1. The van der Waals surface area contributed by atoms with E-state index in [0.29, 0.717) is 38.4 Å². The van der Waals surface area contributed by atoms with Crippen molar-refractivity contribution in [3.05, 3.63) is 49.8 Å². The summed E-state index contributed by atoms with van der Waals surface area (Å²) in [5.41, 5.74) is 2.91. The first-order valence-corrected chi connectivity index (χ1v) is 11.2. The Morgan fingerprint density at radius 2 is 2.28 bits per heavy atom. The maximum atomic E-state index is 12.8. The molecule has 1 fully saturated rings. The average molecular weight is 417 g/mol. The summed E-state index contributed by atoms with van der Waals surface area (Å²) in [6, 6.07) is 1.99. The van der Waals surface area contributed by atoms with Crippen LogP contribution in [0.15, 0.2) is 21.6 Å². The van der Waals surface area contributed by atoms with Crippen molar-refractivity contribution in [1.82, 2.24) is 19.8 Å². The van der Waals surface area contributed by atoms with E-state index in [2.05, 4.69) is 26.7 Å². The molecule has 156 valence electrons. The molecule has 0 aliphatic carbocycles. The van der Waals surface area contributed by atoms with E-state index in [-0.39, 0.29) is 17.5 Å². The second-order valence-electron chi connectivity index (χ2n) is 7.81. The first-order valence-electron chi connectivity index (χ1n) is 10.3. The number of likely N-dealkylation sites (tertiary alicyclic amines) is 1. The number of rotatable bonds is 6. The molecule has 0 unspecified atom stereocenters. The SMILES string of the molecule is COCCC(=O)N1CCCC[C@@H]1c1nc2c(c(=O)[nH]1)CCN(Cc1ccsc1)C2. The summed E-state index contributed by atoms with van der Waals surface area (Å²) in [7, 11) is 1.60. The Kier molecular flexibility index (Phi) is 6.42. The molecule has 0 bridgehead atoms. The smallest absolute Gasteiger partial charge is 0.254 e. The van der Waals surface area contributed by atoms with Gasteiger partial charge in [-0.05, 0) is 48.1 Å². The summed E-state index contributed by atoms with van der Waals surface area (Å²) in [6.07, 6.45) is 3.92. The zero-order chi connectivity index (χ0) is 20.2. The number of H-pyrrole nitrogens is 1. The fraction of sp³-hybridized carbons (Fsp3) is 0.571. The van der Waals surface area contributed by atoms with Crippen molar-refractivity contribution in [2.45, 2.75) is 51.2 Å². The standard InChI is InChI=1S/C21H28N4O3S/c1-28-10-6-19(26)25-8-3-2-4-18(25)20-22-17-13-24(12-15-7-11-29-14-15)9-5-16(17)21(27)23-20/h7,11,14,18H,2-6,8-10,12-13H2,1H3,(H,22,23,27)/t18-/m1/s1. The molecule has 7 nitrogen and oxygen atoms in total. The van der Waals surface area contributed by atoms with Crippen molar-refractivity contribution in [3.8, 4) is 0 Å². The summed E-state index contributed by atoms with van der Waals surface area (Å²) in [6.45, 7) is 3.52. The predicted octanol–water partition coefficient (Wildman–Crippen LogP) is 2.48. The highest BCUT2D eigenvalue weighted by Crippen LogP contribution is 2.30. The van der Waals surface area contributed by atoms with Crippen LogP contribution in [0.4, 0.5) is 0 Å². The Morgan fingerprint density at radius 3 is 3.07 bits per heavy atom. The van der Waals surface area contributed by atoms with Gasteiger partial charge in [-0.3, -0.25) is 14.5 Å². The molecule has 8 heteroatoms. The van der Waals surface area contributed by atoms with E-state index in [4.69, 9.17) is 9.72 Å². The van der Waals surface area contributed by atoms with Crippen molar-refractivity contribution in [2.24, 2.45) is 0 Å². The van der Waals surface area contributed by atoms with Gasteiger partial charge >= 0.3 is 0 Å². The van der Waals surface area contributed by atoms with Gasteiger partial charge in [0.05, 0.1) is 24.8 Å². The van der Waals surface area contributed by atoms with Gasteiger partial charge in [-0.2, -0.15) is 11.3 Å². The molecule has 0 aromatic carbocycles. The first-order chi connectivity index (χ1) is 14.2. The highest BCUT2D eigenvalue weighted by Gasteiger charge is 2.31. The van der Waals surface area contributed by atoms with Gasteiger partial charge in [0, 0.05) is 38.9 Å². The largest absolute Gasteiger partial charge is 0.384 e. The van der Waals surface area contributed by atoms with Gasteiger partial charge in [0.15, 0.2) is 0 Å². The first kappa shape index (κ1) is 20.3. The molecule has 2 aliphatic heterocycles. The number of hydrogen-bond donors (Lipinski definition) is 1. The average Bonchev–Trinajstić information content (AvgIpc) is 3.24. The number of thiophene rings is 1. The lowest BCUT2D eigenvalue weighted by atomic mass is 9.99. The normalized spacial score (nSPS) is 19.9. The van der Waals surface area contributed by atoms with Gasteiger partial charge in [0.2, 0.25) is 5.91 Å². The van der Waals surface area contributed by atoms with Gasteiger partial charge in [-0.15, -0.1) is 0 Å². The minimum Gasteiger partial charge on any atom is -0.384 e. The number of fused-ring (bicyclic) bond motifs is 1. The van der Waals surface area contributed by atoms with Crippen LogP contribution in [0, 0.1) is 0 Å². The van der Waals surface area contributed by atoms with Crippen LogP contribution in [-0.4, -0.2) is 52.5 Å². The molecule has 2 aromatic heterocycles. The third-order valence-corrected chi connectivity index (χ3v) is 6.55. The molecule has 1 atom stereocenters. The second-order valence-corrected chi connectivity index (χ2v) is 8.59. The molecule has 2 aliphatic rings. The van der Waals surface area contributed by atoms with Crippen molar-refractivity contribution in [1.29, 1.82) is 0 Å². The monoisotopic (exact) mass is 416 g/mol. The van der Waals surface area contributed by atoms with Crippen LogP contribution in [-0.2, 0) is 29.0 Å². The maximum Gasteiger partial charge on any atom is 0.254 e. The van der Waals surface area contributed by atoms with E-state index in [1.165, 1.54) is 5.56 Å². The van der Waals surface area contributed by atoms with Crippen LogP contribution in [0.25, 0.3) is 0 Å². The number of ether oxygens (including phenoxy) is 1. The lowest BCUT2D eigenvalue weighted by molar-refractivity contribution is -0.136. The van der Waals surface area contributed by atoms with Crippen LogP contribution in [0.3, 0.4) is 0 Å². The molecular weight excluding hydrogens is 388 g/mol. The Labute approximate surface area is 174 Å². The van der Waals surface area contributed by atoms with Crippen LogP contribution < -0.4 is 5.56 Å². The highest BCUT2D eigenvalue weighted by molar-refractivity contribution is 7.07. The minimum atomic E-state index is -0.154. The van der Waals surface area contributed by atoms with E-state index in [9.17, 15) is 9.59 Å². The third-order valence-electron chi connectivity index (χ3n) is 5.82. The van der Waals surface area contributed by atoms with E-state index in [1.807, 2.05) is 4.90 Å². The zero-order valence-corrected chi connectivity index (χ0v) is 17.7. The summed E-state index contributed by atoms with van der Waals surface area (Å²) in [5.74, 6) is 0.701.